The first kappa shape index (κ1) is 12.7. The molecule has 18 heavy (non-hydrogen) atoms. The number of methoxy groups -OCH3 is 1. The molecule has 0 saturated heterocycles. The topological polar surface area (TPSA) is 42.6 Å². The van der Waals surface area contributed by atoms with Crippen molar-refractivity contribution in [3.05, 3.63) is 52.5 Å². The van der Waals surface area contributed by atoms with E-state index >= 15 is 0 Å². The second kappa shape index (κ2) is 4.86. The third-order valence-corrected chi connectivity index (χ3v) is 3.32. The van der Waals surface area contributed by atoms with Crippen molar-refractivity contribution >= 4 is 0 Å². The summed E-state index contributed by atoms with van der Waals surface area (Å²) in [6, 6.07) is 7.48. The van der Waals surface area contributed by atoms with E-state index in [-0.39, 0.29) is 0 Å². The molecule has 3 heteroatoms. The number of aliphatic hydroxyl groups is 1. The molecular weight excluding hydrogens is 228 g/mol. The molecule has 1 aromatic carbocycles. The molecule has 1 unspecified atom stereocenters. The number of aryl methyl sites for hydroxylation is 2. The Kier molecular flexibility index (Phi) is 3.43. The zero-order valence-corrected chi connectivity index (χ0v) is 11.2. The zero-order chi connectivity index (χ0) is 13.3. The summed E-state index contributed by atoms with van der Waals surface area (Å²) in [5.74, 6) is 2.28. The van der Waals surface area contributed by atoms with Crippen LogP contribution in [0.5, 0.6) is 5.75 Å². The van der Waals surface area contributed by atoms with Gasteiger partial charge in [0.05, 0.1) is 7.11 Å². The molecule has 1 aromatic heterocycles. The number of hydrogen-bond acceptors (Lipinski definition) is 3. The van der Waals surface area contributed by atoms with Gasteiger partial charge in [0.2, 0.25) is 0 Å². The second-order valence-electron chi connectivity index (χ2n) is 4.40. The van der Waals surface area contributed by atoms with Crippen LogP contribution in [0, 0.1) is 20.8 Å². The van der Waals surface area contributed by atoms with E-state index in [2.05, 4.69) is 0 Å². The van der Waals surface area contributed by atoms with Gasteiger partial charge in [-0.25, -0.2) is 0 Å². The normalized spacial score (nSPS) is 12.5. The minimum Gasteiger partial charge on any atom is -0.496 e. The van der Waals surface area contributed by atoms with Gasteiger partial charge in [0.1, 0.15) is 23.4 Å². The van der Waals surface area contributed by atoms with Gasteiger partial charge in [-0.15, -0.1) is 0 Å². The largest absolute Gasteiger partial charge is 0.496 e. The lowest BCUT2D eigenvalue weighted by Gasteiger charge is -2.15. The number of para-hydroxylation sites is 1. The Morgan fingerprint density at radius 2 is 1.78 bits per heavy atom. The van der Waals surface area contributed by atoms with Crippen LogP contribution in [0.15, 0.2) is 28.7 Å². The van der Waals surface area contributed by atoms with Crippen LogP contribution in [-0.4, -0.2) is 12.2 Å². The number of aliphatic hydroxyl groups excluding tert-OH is 1. The highest BCUT2D eigenvalue weighted by molar-refractivity contribution is 5.44. The van der Waals surface area contributed by atoms with Gasteiger partial charge >= 0.3 is 0 Å². The van der Waals surface area contributed by atoms with Gasteiger partial charge in [-0.2, -0.15) is 0 Å². The van der Waals surface area contributed by atoms with Gasteiger partial charge in [-0.1, -0.05) is 18.2 Å². The van der Waals surface area contributed by atoms with Crippen molar-refractivity contribution in [2.45, 2.75) is 26.9 Å². The lowest BCUT2D eigenvalue weighted by molar-refractivity contribution is 0.212. The summed E-state index contributed by atoms with van der Waals surface area (Å²) >= 11 is 0. The summed E-state index contributed by atoms with van der Waals surface area (Å²) in [6.45, 7) is 5.73. The van der Waals surface area contributed by atoms with Crippen molar-refractivity contribution in [2.24, 2.45) is 0 Å². The predicted molar refractivity (Wildman–Crippen MR) is 70.0 cm³/mol. The minimum atomic E-state index is -0.724. The fraction of sp³-hybridized carbons (Fsp3) is 0.333. The molecule has 0 saturated carbocycles. The molecule has 3 nitrogen and oxygen atoms in total. The Labute approximate surface area is 107 Å². The summed E-state index contributed by atoms with van der Waals surface area (Å²) < 4.78 is 10.8. The van der Waals surface area contributed by atoms with Crippen LogP contribution in [-0.2, 0) is 0 Å². The van der Waals surface area contributed by atoms with Crippen LogP contribution in [0.4, 0.5) is 0 Å². The summed E-state index contributed by atoms with van der Waals surface area (Å²) in [4.78, 5) is 0. The van der Waals surface area contributed by atoms with E-state index in [1.54, 1.807) is 7.11 Å². The van der Waals surface area contributed by atoms with Gasteiger partial charge in [-0.3, -0.25) is 0 Å². The molecular formula is C15H18O3. The maximum atomic E-state index is 10.5. The molecule has 0 spiro atoms. The number of hydrogen-bond donors (Lipinski definition) is 1. The van der Waals surface area contributed by atoms with Crippen molar-refractivity contribution < 1.29 is 14.3 Å². The Hall–Kier alpha value is -1.74. The van der Waals surface area contributed by atoms with Crippen LogP contribution in [0.25, 0.3) is 0 Å². The van der Waals surface area contributed by atoms with E-state index in [9.17, 15) is 5.11 Å². The predicted octanol–water partition coefficient (Wildman–Crippen LogP) is 3.30. The SMILES string of the molecule is COc1ccccc1C(O)c1c(C)oc(C)c1C. The van der Waals surface area contributed by atoms with Gasteiger partial charge in [0, 0.05) is 11.1 Å². The Morgan fingerprint density at radius 3 is 2.33 bits per heavy atom. The summed E-state index contributed by atoms with van der Waals surface area (Å²) in [5.41, 5.74) is 2.58. The highest BCUT2D eigenvalue weighted by Gasteiger charge is 2.22. The molecule has 2 aromatic rings. The number of ether oxygens (including phenoxy) is 1. The fourth-order valence-electron chi connectivity index (χ4n) is 2.26. The second-order valence-corrected chi connectivity index (χ2v) is 4.40. The highest BCUT2D eigenvalue weighted by atomic mass is 16.5. The molecule has 0 radical (unpaired) electrons. The van der Waals surface area contributed by atoms with Crippen molar-refractivity contribution in [3.8, 4) is 5.75 Å². The monoisotopic (exact) mass is 246 g/mol. The number of rotatable bonds is 3. The van der Waals surface area contributed by atoms with Crippen molar-refractivity contribution in [1.82, 2.24) is 0 Å². The standard InChI is InChI=1S/C15H18O3/c1-9-10(2)18-11(3)14(9)15(16)12-7-5-6-8-13(12)17-4/h5-8,15-16H,1-4H3. The smallest absolute Gasteiger partial charge is 0.125 e. The molecule has 1 heterocycles. The molecule has 2 rings (SSSR count). The van der Waals surface area contributed by atoms with E-state index in [1.807, 2.05) is 45.0 Å². The Balaban J connectivity index is 2.51. The zero-order valence-electron chi connectivity index (χ0n) is 11.2. The van der Waals surface area contributed by atoms with E-state index < -0.39 is 6.10 Å². The number of benzene rings is 1. The third-order valence-electron chi connectivity index (χ3n) is 3.32. The van der Waals surface area contributed by atoms with E-state index in [0.29, 0.717) is 5.75 Å². The quantitative estimate of drug-likeness (QED) is 0.903. The Morgan fingerprint density at radius 1 is 1.11 bits per heavy atom. The number of furan rings is 1. The van der Waals surface area contributed by atoms with Gasteiger partial charge in [-0.05, 0) is 32.4 Å². The summed E-state index contributed by atoms with van der Waals surface area (Å²) in [5, 5.41) is 10.5. The third kappa shape index (κ3) is 2.02. The molecule has 0 bridgehead atoms. The molecule has 0 aliphatic heterocycles. The first-order valence-electron chi connectivity index (χ1n) is 5.93. The van der Waals surface area contributed by atoms with Gasteiger partial charge < -0.3 is 14.3 Å². The minimum absolute atomic E-state index is 0.683. The van der Waals surface area contributed by atoms with E-state index in [1.165, 1.54) is 0 Å². The maximum Gasteiger partial charge on any atom is 0.125 e. The molecule has 1 N–H and O–H groups in total. The lowest BCUT2D eigenvalue weighted by Crippen LogP contribution is -2.04. The summed E-state index contributed by atoms with van der Waals surface area (Å²) in [7, 11) is 1.60. The summed E-state index contributed by atoms with van der Waals surface area (Å²) in [6.07, 6.45) is -0.724. The van der Waals surface area contributed by atoms with Gasteiger partial charge in [0.25, 0.3) is 0 Å². The van der Waals surface area contributed by atoms with Crippen molar-refractivity contribution in [3.63, 3.8) is 0 Å². The average Bonchev–Trinajstić information content (AvgIpc) is 2.62. The van der Waals surface area contributed by atoms with Gasteiger partial charge in [0.15, 0.2) is 0 Å². The molecule has 0 aliphatic carbocycles. The van der Waals surface area contributed by atoms with Crippen molar-refractivity contribution in [1.29, 1.82) is 0 Å². The van der Waals surface area contributed by atoms with E-state index in [4.69, 9.17) is 9.15 Å². The van der Waals surface area contributed by atoms with Crippen LogP contribution in [0.2, 0.25) is 0 Å². The molecule has 0 fully saturated rings. The van der Waals surface area contributed by atoms with Crippen LogP contribution < -0.4 is 4.74 Å². The first-order chi connectivity index (χ1) is 8.56. The molecule has 96 valence electrons. The van der Waals surface area contributed by atoms with Crippen LogP contribution in [0.3, 0.4) is 0 Å². The lowest BCUT2D eigenvalue weighted by atomic mass is 9.97. The average molecular weight is 246 g/mol. The van der Waals surface area contributed by atoms with Crippen molar-refractivity contribution in [2.75, 3.05) is 7.11 Å². The van der Waals surface area contributed by atoms with Crippen LogP contribution in [0.1, 0.15) is 34.3 Å². The molecule has 0 aliphatic rings. The van der Waals surface area contributed by atoms with Crippen LogP contribution >= 0.6 is 0 Å². The Bertz CT molecular complexity index is 555. The maximum absolute atomic E-state index is 10.5. The highest BCUT2D eigenvalue weighted by Crippen LogP contribution is 2.35. The molecule has 0 amide bonds. The van der Waals surface area contributed by atoms with E-state index in [0.717, 1.165) is 28.2 Å². The first-order valence-corrected chi connectivity index (χ1v) is 5.93. The molecule has 1 atom stereocenters. The fourth-order valence-corrected chi connectivity index (χ4v) is 2.26.